The lowest BCUT2D eigenvalue weighted by molar-refractivity contribution is -0.146. The summed E-state index contributed by atoms with van der Waals surface area (Å²) in [5.41, 5.74) is -1.14. The molecule has 1 aromatic rings. The van der Waals surface area contributed by atoms with Gasteiger partial charge in [0.2, 0.25) is 0 Å². The molecule has 0 radical (unpaired) electrons. The molecule has 1 aromatic heterocycles. The molecule has 116 valence electrons. The highest BCUT2D eigenvalue weighted by molar-refractivity contribution is 5.86. The summed E-state index contributed by atoms with van der Waals surface area (Å²) in [6, 6.07) is -0.453. The molecule has 21 heavy (non-hydrogen) atoms. The number of carboxylic acids is 1. The summed E-state index contributed by atoms with van der Waals surface area (Å²) in [7, 11) is 0. The average molecular weight is 295 g/mol. The molecule has 2 atom stereocenters. The molecule has 2 rings (SSSR count). The van der Waals surface area contributed by atoms with Crippen LogP contribution < -0.4 is 10.6 Å². The lowest BCUT2D eigenvalue weighted by Gasteiger charge is -2.36. The number of aromatic nitrogens is 3. The SMILES string of the molecule is CC1CCCC(NC(=O)NCCc2ncn[nH]2)(C(=O)O)C1. The maximum absolute atomic E-state index is 11.9. The Hall–Kier alpha value is -2.12. The zero-order valence-corrected chi connectivity index (χ0v) is 12.1. The molecule has 8 heteroatoms. The van der Waals surface area contributed by atoms with Gasteiger partial charge in [0.25, 0.3) is 0 Å². The number of hydrogen-bond acceptors (Lipinski definition) is 4. The molecule has 0 bridgehead atoms. The third-order valence-corrected chi connectivity index (χ3v) is 3.87. The molecule has 1 heterocycles. The van der Waals surface area contributed by atoms with E-state index in [1.165, 1.54) is 6.33 Å². The second-order valence-electron chi connectivity index (χ2n) is 5.65. The maximum atomic E-state index is 11.9. The number of H-pyrrole nitrogens is 1. The number of urea groups is 1. The van der Waals surface area contributed by atoms with Crippen LogP contribution in [0.4, 0.5) is 4.79 Å². The van der Waals surface area contributed by atoms with Crippen LogP contribution in [0.2, 0.25) is 0 Å². The van der Waals surface area contributed by atoms with Crippen LogP contribution in [0.3, 0.4) is 0 Å². The fourth-order valence-electron chi connectivity index (χ4n) is 2.82. The van der Waals surface area contributed by atoms with Crippen LogP contribution in [0.25, 0.3) is 0 Å². The van der Waals surface area contributed by atoms with Gasteiger partial charge in [-0.25, -0.2) is 14.6 Å². The van der Waals surface area contributed by atoms with Crippen LogP contribution in [0.15, 0.2) is 6.33 Å². The molecule has 0 saturated heterocycles. The van der Waals surface area contributed by atoms with Crippen molar-refractivity contribution in [2.45, 2.75) is 44.6 Å². The highest BCUT2D eigenvalue weighted by Crippen LogP contribution is 2.32. The molecule has 2 unspecified atom stereocenters. The summed E-state index contributed by atoms with van der Waals surface area (Å²) in [4.78, 5) is 27.4. The third kappa shape index (κ3) is 3.93. The first-order valence-electron chi connectivity index (χ1n) is 7.15. The standard InChI is InChI=1S/C13H21N5O3/c1-9-3-2-5-13(7-9,11(19)20)17-12(21)14-6-4-10-15-8-16-18-10/h8-9H,2-7H2,1H3,(H,19,20)(H2,14,17,21)(H,15,16,18). The molecule has 2 amide bonds. The number of nitrogens with one attached hydrogen (secondary N) is 3. The van der Waals surface area contributed by atoms with Gasteiger partial charge < -0.3 is 15.7 Å². The molecular weight excluding hydrogens is 274 g/mol. The van der Waals surface area contributed by atoms with E-state index < -0.39 is 17.5 Å². The first kappa shape index (κ1) is 15.3. The Labute approximate surface area is 122 Å². The first-order chi connectivity index (χ1) is 10.0. The van der Waals surface area contributed by atoms with Gasteiger partial charge in [-0.15, -0.1) is 0 Å². The number of amides is 2. The van der Waals surface area contributed by atoms with Crippen LogP contribution in [0.5, 0.6) is 0 Å². The van der Waals surface area contributed by atoms with E-state index in [-0.39, 0.29) is 0 Å². The number of nitrogens with zero attached hydrogens (tertiary/aromatic N) is 2. The van der Waals surface area contributed by atoms with Crippen molar-refractivity contribution in [3.8, 4) is 0 Å². The van der Waals surface area contributed by atoms with Crippen LogP contribution in [0, 0.1) is 5.92 Å². The average Bonchev–Trinajstić information content (AvgIpc) is 2.91. The Morgan fingerprint density at radius 3 is 3.00 bits per heavy atom. The Balaban J connectivity index is 1.85. The second kappa shape index (κ2) is 6.55. The van der Waals surface area contributed by atoms with Crippen LogP contribution in [-0.4, -0.2) is 44.4 Å². The summed E-state index contributed by atoms with van der Waals surface area (Å²) >= 11 is 0. The number of carbonyl (C=O) groups excluding carboxylic acids is 1. The molecule has 8 nitrogen and oxygen atoms in total. The van der Waals surface area contributed by atoms with E-state index in [0.29, 0.717) is 37.5 Å². The van der Waals surface area contributed by atoms with Gasteiger partial charge in [0.15, 0.2) is 0 Å². The smallest absolute Gasteiger partial charge is 0.329 e. The van der Waals surface area contributed by atoms with Gasteiger partial charge in [-0.05, 0) is 18.8 Å². The Morgan fingerprint density at radius 2 is 2.38 bits per heavy atom. The van der Waals surface area contributed by atoms with E-state index in [1.807, 2.05) is 6.92 Å². The molecule has 0 aromatic carbocycles. The van der Waals surface area contributed by atoms with Crippen molar-refractivity contribution in [1.29, 1.82) is 0 Å². The number of hydrogen-bond donors (Lipinski definition) is 4. The summed E-state index contributed by atoms with van der Waals surface area (Å²) in [6.45, 7) is 2.38. The number of carbonyl (C=O) groups is 2. The van der Waals surface area contributed by atoms with E-state index in [9.17, 15) is 14.7 Å². The van der Waals surface area contributed by atoms with E-state index in [2.05, 4.69) is 25.8 Å². The number of carboxylic acid groups (broad SMARTS) is 1. The first-order valence-corrected chi connectivity index (χ1v) is 7.15. The van der Waals surface area contributed by atoms with Crippen molar-refractivity contribution >= 4 is 12.0 Å². The monoisotopic (exact) mass is 295 g/mol. The number of aliphatic carboxylic acids is 1. The molecule has 0 aliphatic heterocycles. The Kier molecular flexibility index (Phi) is 4.77. The minimum Gasteiger partial charge on any atom is -0.480 e. The Morgan fingerprint density at radius 1 is 1.57 bits per heavy atom. The lowest BCUT2D eigenvalue weighted by atomic mass is 9.76. The van der Waals surface area contributed by atoms with E-state index in [4.69, 9.17) is 0 Å². The van der Waals surface area contributed by atoms with Crippen LogP contribution >= 0.6 is 0 Å². The molecule has 1 aliphatic rings. The zero-order valence-electron chi connectivity index (χ0n) is 12.1. The van der Waals surface area contributed by atoms with Gasteiger partial charge in [0, 0.05) is 13.0 Å². The van der Waals surface area contributed by atoms with E-state index in [1.54, 1.807) is 0 Å². The van der Waals surface area contributed by atoms with E-state index in [0.717, 1.165) is 12.8 Å². The van der Waals surface area contributed by atoms with Gasteiger partial charge >= 0.3 is 12.0 Å². The normalized spacial score (nSPS) is 25.3. The highest BCUT2D eigenvalue weighted by Gasteiger charge is 2.43. The fraction of sp³-hybridized carbons (Fsp3) is 0.692. The van der Waals surface area contributed by atoms with Crippen molar-refractivity contribution in [2.24, 2.45) is 5.92 Å². The topological polar surface area (TPSA) is 120 Å². The second-order valence-corrected chi connectivity index (χ2v) is 5.65. The third-order valence-electron chi connectivity index (χ3n) is 3.87. The molecule has 1 aliphatic carbocycles. The van der Waals surface area contributed by atoms with Gasteiger partial charge in [0.05, 0.1) is 0 Å². The zero-order chi connectivity index (χ0) is 15.3. The summed E-state index contributed by atoms with van der Waals surface area (Å²) in [5.74, 6) is 0.0123. The lowest BCUT2D eigenvalue weighted by Crippen LogP contribution is -2.59. The summed E-state index contributed by atoms with van der Waals surface area (Å²) < 4.78 is 0. The molecule has 4 N–H and O–H groups in total. The largest absolute Gasteiger partial charge is 0.480 e. The number of aromatic amines is 1. The van der Waals surface area contributed by atoms with Crippen molar-refractivity contribution in [2.75, 3.05) is 6.54 Å². The van der Waals surface area contributed by atoms with Crippen LogP contribution in [0.1, 0.15) is 38.4 Å². The molecule has 1 saturated carbocycles. The predicted molar refractivity (Wildman–Crippen MR) is 74.6 cm³/mol. The molecule has 0 spiro atoms. The van der Waals surface area contributed by atoms with Crippen molar-refractivity contribution in [1.82, 2.24) is 25.8 Å². The van der Waals surface area contributed by atoms with Crippen LogP contribution in [-0.2, 0) is 11.2 Å². The van der Waals surface area contributed by atoms with Gasteiger partial charge in [-0.1, -0.05) is 19.8 Å². The Bertz CT molecular complexity index is 490. The minimum atomic E-state index is -1.14. The number of rotatable bonds is 5. The predicted octanol–water partition coefficient (Wildman–Crippen LogP) is 0.680. The van der Waals surface area contributed by atoms with E-state index >= 15 is 0 Å². The summed E-state index contributed by atoms with van der Waals surface area (Å²) in [6.07, 6.45) is 4.68. The fourth-order valence-corrected chi connectivity index (χ4v) is 2.82. The minimum absolute atomic E-state index is 0.296. The highest BCUT2D eigenvalue weighted by atomic mass is 16.4. The van der Waals surface area contributed by atoms with Crippen molar-refractivity contribution in [3.05, 3.63) is 12.2 Å². The van der Waals surface area contributed by atoms with Gasteiger partial charge in [-0.3, -0.25) is 5.10 Å². The van der Waals surface area contributed by atoms with Crippen molar-refractivity contribution in [3.63, 3.8) is 0 Å². The summed E-state index contributed by atoms with van der Waals surface area (Å²) in [5, 5.41) is 21.2. The molecule has 1 fully saturated rings. The van der Waals surface area contributed by atoms with Crippen molar-refractivity contribution < 1.29 is 14.7 Å². The maximum Gasteiger partial charge on any atom is 0.329 e. The quantitative estimate of drug-likeness (QED) is 0.636. The molecular formula is C13H21N5O3. The van der Waals surface area contributed by atoms with Gasteiger partial charge in [0.1, 0.15) is 17.7 Å². The van der Waals surface area contributed by atoms with Gasteiger partial charge in [-0.2, -0.15) is 5.10 Å².